The van der Waals surface area contributed by atoms with Crippen LogP contribution in [0.1, 0.15) is 48.3 Å². The molecule has 1 aliphatic heterocycles. The summed E-state index contributed by atoms with van der Waals surface area (Å²) in [4.78, 5) is 29.3. The lowest BCUT2D eigenvalue weighted by atomic mass is 9.80. The second kappa shape index (κ2) is 5.79. The Hall–Kier alpha value is -1.36. The Morgan fingerprint density at radius 1 is 1.24 bits per heavy atom. The minimum absolute atomic E-state index is 0.0233. The van der Waals surface area contributed by atoms with Crippen molar-refractivity contribution in [1.82, 2.24) is 10.2 Å². The molecule has 2 heterocycles. The van der Waals surface area contributed by atoms with Crippen molar-refractivity contribution in [3.05, 3.63) is 21.9 Å². The molecule has 4 nitrogen and oxygen atoms in total. The lowest BCUT2D eigenvalue weighted by molar-refractivity contribution is -0.140. The van der Waals surface area contributed by atoms with E-state index in [1.54, 1.807) is 11.3 Å². The van der Waals surface area contributed by atoms with Crippen LogP contribution in [0.25, 0.3) is 0 Å². The number of thiophene rings is 1. The van der Waals surface area contributed by atoms with E-state index in [9.17, 15) is 9.59 Å². The second-order valence-electron chi connectivity index (χ2n) is 6.18. The summed E-state index contributed by atoms with van der Waals surface area (Å²) >= 11 is 1.73. The van der Waals surface area contributed by atoms with Gasteiger partial charge in [-0.2, -0.15) is 0 Å². The maximum Gasteiger partial charge on any atom is 0.248 e. The first-order valence-electron chi connectivity index (χ1n) is 7.75. The van der Waals surface area contributed by atoms with E-state index in [0.717, 1.165) is 32.1 Å². The van der Waals surface area contributed by atoms with Gasteiger partial charge in [0.2, 0.25) is 11.8 Å². The van der Waals surface area contributed by atoms with Crippen molar-refractivity contribution in [1.29, 1.82) is 0 Å². The Labute approximate surface area is 129 Å². The molecular formula is C16H22N2O2S. The van der Waals surface area contributed by atoms with Gasteiger partial charge in [-0.05, 0) is 31.9 Å². The van der Waals surface area contributed by atoms with Gasteiger partial charge >= 0.3 is 0 Å². The highest BCUT2D eigenvalue weighted by atomic mass is 32.1. The maximum atomic E-state index is 13.0. The van der Waals surface area contributed by atoms with E-state index in [1.165, 1.54) is 9.75 Å². The molecule has 0 unspecified atom stereocenters. The largest absolute Gasteiger partial charge is 0.342 e. The Morgan fingerprint density at radius 3 is 2.67 bits per heavy atom. The third kappa shape index (κ3) is 2.98. The van der Waals surface area contributed by atoms with Gasteiger partial charge in [-0.3, -0.25) is 9.59 Å². The van der Waals surface area contributed by atoms with Crippen LogP contribution in [0.3, 0.4) is 0 Å². The van der Waals surface area contributed by atoms with Gasteiger partial charge in [0.15, 0.2) is 0 Å². The molecule has 2 fully saturated rings. The summed E-state index contributed by atoms with van der Waals surface area (Å²) in [5.41, 5.74) is -0.627. The van der Waals surface area contributed by atoms with E-state index >= 15 is 0 Å². The summed E-state index contributed by atoms with van der Waals surface area (Å²) in [7, 11) is 0. The smallest absolute Gasteiger partial charge is 0.248 e. The van der Waals surface area contributed by atoms with E-state index in [1.807, 2.05) is 4.90 Å². The predicted octanol–water partition coefficient (Wildman–Crippen LogP) is 2.61. The maximum absolute atomic E-state index is 13.0. The number of carbonyl (C=O) groups is 2. The van der Waals surface area contributed by atoms with Gasteiger partial charge in [-0.15, -0.1) is 11.3 Å². The highest BCUT2D eigenvalue weighted by Crippen LogP contribution is 2.32. The van der Waals surface area contributed by atoms with E-state index in [2.05, 4.69) is 24.4 Å². The Kier molecular flexibility index (Phi) is 4.02. The third-order valence-corrected chi connectivity index (χ3v) is 5.52. The summed E-state index contributed by atoms with van der Waals surface area (Å²) in [5, 5.41) is 3.04. The summed E-state index contributed by atoms with van der Waals surface area (Å²) in [6, 6.07) is 4.17. The van der Waals surface area contributed by atoms with Crippen LogP contribution in [-0.2, 0) is 16.1 Å². The van der Waals surface area contributed by atoms with Crippen LogP contribution < -0.4 is 5.32 Å². The number of hydrogen-bond acceptors (Lipinski definition) is 3. The molecular weight excluding hydrogens is 284 g/mol. The van der Waals surface area contributed by atoms with E-state index < -0.39 is 5.54 Å². The summed E-state index contributed by atoms with van der Waals surface area (Å²) < 4.78 is 0. The van der Waals surface area contributed by atoms with Gasteiger partial charge in [0.1, 0.15) is 5.54 Å². The molecule has 1 spiro atoms. The number of hydrogen-bond donors (Lipinski definition) is 1. The Balaban J connectivity index is 1.82. The molecule has 1 saturated carbocycles. The molecule has 1 aliphatic carbocycles. The molecule has 0 atom stereocenters. The lowest BCUT2D eigenvalue weighted by Gasteiger charge is -2.38. The van der Waals surface area contributed by atoms with Crippen LogP contribution in [0, 0.1) is 6.92 Å². The predicted molar refractivity (Wildman–Crippen MR) is 83.0 cm³/mol. The molecule has 1 saturated heterocycles. The van der Waals surface area contributed by atoms with Crippen LogP contribution in [-0.4, -0.2) is 28.8 Å². The summed E-state index contributed by atoms with van der Waals surface area (Å²) in [6.07, 6.45) is 5.21. The minimum atomic E-state index is -0.627. The summed E-state index contributed by atoms with van der Waals surface area (Å²) in [5.74, 6) is 0.147. The average molecular weight is 306 g/mol. The monoisotopic (exact) mass is 306 g/mol. The van der Waals surface area contributed by atoms with E-state index in [0.29, 0.717) is 19.5 Å². The molecule has 0 radical (unpaired) electrons. The highest BCUT2D eigenvalue weighted by molar-refractivity contribution is 7.11. The van der Waals surface area contributed by atoms with Gasteiger partial charge in [-0.25, -0.2) is 0 Å². The first kappa shape index (κ1) is 14.6. The van der Waals surface area contributed by atoms with Crippen molar-refractivity contribution in [3.8, 4) is 0 Å². The molecule has 2 amide bonds. The van der Waals surface area contributed by atoms with Crippen LogP contribution in [0.2, 0.25) is 0 Å². The van der Waals surface area contributed by atoms with Crippen LogP contribution in [0.15, 0.2) is 12.1 Å². The lowest BCUT2D eigenvalue weighted by Crippen LogP contribution is -2.57. The molecule has 5 heteroatoms. The van der Waals surface area contributed by atoms with Gasteiger partial charge in [0.25, 0.3) is 0 Å². The molecule has 114 valence electrons. The number of rotatable bonds is 2. The van der Waals surface area contributed by atoms with Gasteiger partial charge < -0.3 is 10.2 Å². The van der Waals surface area contributed by atoms with Gasteiger partial charge in [-0.1, -0.05) is 19.3 Å². The van der Waals surface area contributed by atoms with Crippen molar-refractivity contribution < 1.29 is 9.59 Å². The van der Waals surface area contributed by atoms with Crippen molar-refractivity contribution in [3.63, 3.8) is 0 Å². The Bertz CT molecular complexity index is 546. The first-order valence-corrected chi connectivity index (χ1v) is 8.56. The quantitative estimate of drug-likeness (QED) is 0.913. The SMILES string of the molecule is Cc1ccc(CN2CCC(=O)NC3(CCCCC3)C2=O)s1. The summed E-state index contributed by atoms with van der Waals surface area (Å²) in [6.45, 7) is 3.24. The number of nitrogens with zero attached hydrogens (tertiary/aromatic N) is 1. The van der Waals surface area contributed by atoms with Crippen molar-refractivity contribution >= 4 is 23.2 Å². The average Bonchev–Trinajstić information content (AvgIpc) is 2.84. The van der Waals surface area contributed by atoms with Crippen molar-refractivity contribution in [2.24, 2.45) is 0 Å². The van der Waals surface area contributed by atoms with Crippen molar-refractivity contribution in [2.75, 3.05) is 6.54 Å². The fourth-order valence-corrected chi connectivity index (χ4v) is 4.33. The molecule has 1 aromatic rings. The standard InChI is InChI=1S/C16H22N2O2S/c1-12-5-6-13(21-12)11-18-10-7-14(19)17-16(15(18)20)8-3-2-4-9-16/h5-6H,2-4,7-11H2,1H3,(H,17,19). The van der Waals surface area contributed by atoms with E-state index in [-0.39, 0.29) is 11.8 Å². The van der Waals surface area contributed by atoms with Crippen LogP contribution in [0.5, 0.6) is 0 Å². The van der Waals surface area contributed by atoms with Crippen LogP contribution in [0.4, 0.5) is 0 Å². The number of nitrogens with one attached hydrogen (secondary N) is 1. The third-order valence-electron chi connectivity index (χ3n) is 4.53. The zero-order valence-electron chi connectivity index (χ0n) is 12.5. The van der Waals surface area contributed by atoms with E-state index in [4.69, 9.17) is 0 Å². The molecule has 2 aliphatic rings. The topological polar surface area (TPSA) is 49.4 Å². The zero-order valence-corrected chi connectivity index (χ0v) is 13.3. The zero-order chi connectivity index (χ0) is 14.9. The van der Waals surface area contributed by atoms with Crippen molar-refractivity contribution in [2.45, 2.75) is 57.5 Å². The van der Waals surface area contributed by atoms with Gasteiger partial charge in [0, 0.05) is 22.7 Å². The number of aryl methyl sites for hydroxylation is 1. The van der Waals surface area contributed by atoms with Gasteiger partial charge in [0.05, 0.1) is 6.54 Å². The fraction of sp³-hybridized carbons (Fsp3) is 0.625. The molecule has 0 aromatic carbocycles. The first-order chi connectivity index (χ1) is 10.1. The normalized spacial score (nSPS) is 22.2. The molecule has 21 heavy (non-hydrogen) atoms. The van der Waals surface area contributed by atoms with Crippen LogP contribution >= 0.6 is 11.3 Å². The number of carbonyl (C=O) groups excluding carboxylic acids is 2. The number of amides is 2. The highest BCUT2D eigenvalue weighted by Gasteiger charge is 2.44. The Morgan fingerprint density at radius 2 is 2.00 bits per heavy atom. The molecule has 1 aromatic heterocycles. The molecule has 0 bridgehead atoms. The minimum Gasteiger partial charge on any atom is -0.342 e. The molecule has 3 rings (SSSR count). The fourth-order valence-electron chi connectivity index (χ4n) is 3.43. The second-order valence-corrected chi connectivity index (χ2v) is 7.55. The molecule has 1 N–H and O–H groups in total.